The van der Waals surface area contributed by atoms with Gasteiger partial charge in [0.15, 0.2) is 0 Å². The standard InChI is InChI=1S/C16H19NO2/c1-19-16(18)17(15-10-6-3-7-11-15)13-12-14-8-4-2-5-9-14/h3,6-7,10-11,14H,2,4-5,8-9H2,1H3. The van der Waals surface area contributed by atoms with E-state index < -0.39 is 6.09 Å². The van der Waals surface area contributed by atoms with Crippen molar-refractivity contribution >= 4 is 11.8 Å². The summed E-state index contributed by atoms with van der Waals surface area (Å²) < 4.78 is 4.79. The Balaban J connectivity index is 2.15. The van der Waals surface area contributed by atoms with Crippen molar-refractivity contribution in [3.05, 3.63) is 30.3 Å². The van der Waals surface area contributed by atoms with E-state index in [1.807, 2.05) is 30.3 Å². The predicted octanol–water partition coefficient (Wildman–Crippen LogP) is 3.80. The molecule has 3 heteroatoms. The van der Waals surface area contributed by atoms with Crippen molar-refractivity contribution in [2.45, 2.75) is 32.1 Å². The van der Waals surface area contributed by atoms with E-state index in [9.17, 15) is 4.79 Å². The minimum Gasteiger partial charge on any atom is -0.452 e. The van der Waals surface area contributed by atoms with E-state index in [2.05, 4.69) is 12.0 Å². The SMILES string of the molecule is COC(=O)N(C#CC1CCCCC1)c1ccccc1. The zero-order valence-electron chi connectivity index (χ0n) is 11.3. The number of para-hydroxylation sites is 1. The summed E-state index contributed by atoms with van der Waals surface area (Å²) in [5.74, 6) is 3.62. The van der Waals surface area contributed by atoms with Crippen LogP contribution in [0.2, 0.25) is 0 Å². The maximum Gasteiger partial charge on any atom is 0.426 e. The van der Waals surface area contributed by atoms with Gasteiger partial charge >= 0.3 is 6.09 Å². The molecule has 1 aromatic carbocycles. The number of nitrogens with zero attached hydrogens (tertiary/aromatic N) is 1. The second-order valence-electron chi connectivity index (χ2n) is 4.73. The Bertz CT molecular complexity index is 467. The van der Waals surface area contributed by atoms with Crippen molar-refractivity contribution < 1.29 is 9.53 Å². The number of rotatable bonds is 1. The molecule has 3 nitrogen and oxygen atoms in total. The Morgan fingerprint density at radius 3 is 2.53 bits per heavy atom. The van der Waals surface area contributed by atoms with Gasteiger partial charge in [-0.15, -0.1) is 0 Å². The summed E-state index contributed by atoms with van der Waals surface area (Å²) >= 11 is 0. The third-order valence-electron chi connectivity index (χ3n) is 3.36. The maximum absolute atomic E-state index is 11.8. The topological polar surface area (TPSA) is 29.5 Å². The summed E-state index contributed by atoms with van der Waals surface area (Å²) in [5.41, 5.74) is 0.748. The van der Waals surface area contributed by atoms with Crippen molar-refractivity contribution in [2.24, 2.45) is 5.92 Å². The van der Waals surface area contributed by atoms with Crippen molar-refractivity contribution in [1.29, 1.82) is 0 Å². The molecule has 0 atom stereocenters. The van der Waals surface area contributed by atoms with Crippen LogP contribution in [0.4, 0.5) is 10.5 Å². The molecule has 19 heavy (non-hydrogen) atoms. The molecule has 0 aliphatic heterocycles. The number of methoxy groups -OCH3 is 1. The lowest BCUT2D eigenvalue weighted by atomic mass is 9.90. The molecule has 0 bridgehead atoms. The first-order valence-electron chi connectivity index (χ1n) is 6.75. The lowest BCUT2D eigenvalue weighted by Crippen LogP contribution is -2.25. The smallest absolute Gasteiger partial charge is 0.426 e. The normalized spacial score (nSPS) is 15.2. The van der Waals surface area contributed by atoms with E-state index in [0.717, 1.165) is 18.5 Å². The zero-order chi connectivity index (χ0) is 13.5. The fourth-order valence-electron chi connectivity index (χ4n) is 2.29. The van der Waals surface area contributed by atoms with E-state index in [1.54, 1.807) is 0 Å². The Morgan fingerprint density at radius 1 is 1.21 bits per heavy atom. The highest BCUT2D eigenvalue weighted by Crippen LogP contribution is 2.23. The van der Waals surface area contributed by atoms with Gasteiger partial charge in [-0.2, -0.15) is 0 Å². The molecule has 1 amide bonds. The van der Waals surface area contributed by atoms with Gasteiger partial charge in [-0.25, -0.2) is 9.69 Å². The number of hydrogen-bond acceptors (Lipinski definition) is 2. The molecule has 0 saturated heterocycles. The fraction of sp³-hybridized carbons (Fsp3) is 0.438. The zero-order valence-corrected chi connectivity index (χ0v) is 11.3. The molecule has 1 aromatic rings. The largest absolute Gasteiger partial charge is 0.452 e. The Hall–Kier alpha value is -1.95. The molecule has 0 N–H and O–H groups in total. The van der Waals surface area contributed by atoms with Crippen LogP contribution < -0.4 is 4.90 Å². The maximum atomic E-state index is 11.8. The van der Waals surface area contributed by atoms with Crippen molar-refractivity contribution in [3.8, 4) is 12.0 Å². The van der Waals surface area contributed by atoms with Gasteiger partial charge in [0.25, 0.3) is 0 Å². The summed E-state index contributed by atoms with van der Waals surface area (Å²) in [6.45, 7) is 0. The van der Waals surface area contributed by atoms with Gasteiger partial charge < -0.3 is 4.74 Å². The summed E-state index contributed by atoms with van der Waals surface area (Å²) in [6, 6.07) is 12.3. The highest BCUT2D eigenvalue weighted by Gasteiger charge is 2.15. The first-order chi connectivity index (χ1) is 9.31. The molecule has 2 rings (SSSR count). The predicted molar refractivity (Wildman–Crippen MR) is 75.7 cm³/mol. The van der Waals surface area contributed by atoms with Gasteiger partial charge in [0.2, 0.25) is 0 Å². The second kappa shape index (κ2) is 6.84. The van der Waals surface area contributed by atoms with Crippen LogP contribution in [-0.4, -0.2) is 13.2 Å². The van der Waals surface area contributed by atoms with E-state index in [0.29, 0.717) is 5.92 Å². The summed E-state index contributed by atoms with van der Waals surface area (Å²) in [7, 11) is 1.38. The van der Waals surface area contributed by atoms with Crippen molar-refractivity contribution in [3.63, 3.8) is 0 Å². The number of carbonyl (C=O) groups is 1. The molecule has 100 valence electrons. The average molecular weight is 257 g/mol. The molecule has 1 fully saturated rings. The van der Waals surface area contributed by atoms with Crippen LogP contribution in [0.15, 0.2) is 30.3 Å². The second-order valence-corrected chi connectivity index (χ2v) is 4.73. The third kappa shape index (κ3) is 3.75. The minimum absolute atomic E-state index is 0.407. The fourth-order valence-corrected chi connectivity index (χ4v) is 2.29. The van der Waals surface area contributed by atoms with Crippen molar-refractivity contribution in [2.75, 3.05) is 12.0 Å². The van der Waals surface area contributed by atoms with Gasteiger partial charge in [-0.3, -0.25) is 0 Å². The van der Waals surface area contributed by atoms with Crippen LogP contribution in [0, 0.1) is 17.9 Å². The van der Waals surface area contributed by atoms with Crippen LogP contribution in [0.3, 0.4) is 0 Å². The quantitative estimate of drug-likeness (QED) is 0.565. The highest BCUT2D eigenvalue weighted by molar-refractivity contribution is 5.91. The number of amides is 1. The van der Waals surface area contributed by atoms with Gasteiger partial charge in [0.1, 0.15) is 0 Å². The summed E-state index contributed by atoms with van der Waals surface area (Å²) in [6.07, 6.45) is 5.62. The summed E-state index contributed by atoms with van der Waals surface area (Å²) in [4.78, 5) is 13.2. The van der Waals surface area contributed by atoms with Crippen LogP contribution >= 0.6 is 0 Å². The van der Waals surface area contributed by atoms with E-state index >= 15 is 0 Å². The van der Waals surface area contributed by atoms with Gasteiger partial charge in [0, 0.05) is 12.0 Å². The third-order valence-corrected chi connectivity index (χ3v) is 3.36. The number of hydrogen-bond donors (Lipinski definition) is 0. The van der Waals surface area contributed by atoms with Crippen LogP contribution in [0.25, 0.3) is 0 Å². The van der Waals surface area contributed by atoms with Crippen molar-refractivity contribution in [1.82, 2.24) is 0 Å². The first kappa shape index (κ1) is 13.5. The Kier molecular flexibility index (Phi) is 4.85. The number of ether oxygens (including phenoxy) is 1. The lowest BCUT2D eigenvalue weighted by molar-refractivity contribution is 0.182. The summed E-state index contributed by atoms with van der Waals surface area (Å²) in [5, 5.41) is 0. The molecule has 0 spiro atoms. The lowest BCUT2D eigenvalue weighted by Gasteiger charge is -2.17. The first-order valence-corrected chi connectivity index (χ1v) is 6.75. The molecule has 1 saturated carbocycles. The number of anilines is 1. The Morgan fingerprint density at radius 2 is 1.89 bits per heavy atom. The molecule has 0 heterocycles. The van der Waals surface area contributed by atoms with E-state index in [1.165, 1.54) is 31.3 Å². The van der Waals surface area contributed by atoms with Crippen LogP contribution in [0.1, 0.15) is 32.1 Å². The van der Waals surface area contributed by atoms with Crippen LogP contribution in [-0.2, 0) is 4.74 Å². The average Bonchev–Trinajstić information content (AvgIpc) is 2.49. The molecule has 0 unspecified atom stereocenters. The molecule has 0 radical (unpaired) electrons. The number of carbonyl (C=O) groups excluding carboxylic acids is 1. The molecule has 1 aliphatic carbocycles. The molecule has 0 aromatic heterocycles. The highest BCUT2D eigenvalue weighted by atomic mass is 16.5. The number of benzene rings is 1. The molecular formula is C16H19NO2. The van der Waals surface area contributed by atoms with Gasteiger partial charge in [0.05, 0.1) is 12.8 Å². The van der Waals surface area contributed by atoms with Gasteiger partial charge in [-0.05, 0) is 25.0 Å². The van der Waals surface area contributed by atoms with Gasteiger partial charge in [-0.1, -0.05) is 43.4 Å². The van der Waals surface area contributed by atoms with E-state index in [-0.39, 0.29) is 0 Å². The molecular weight excluding hydrogens is 238 g/mol. The van der Waals surface area contributed by atoms with Crippen LogP contribution in [0.5, 0.6) is 0 Å². The molecule has 1 aliphatic rings. The Labute approximate surface area is 114 Å². The minimum atomic E-state index is -0.436. The van der Waals surface area contributed by atoms with E-state index in [4.69, 9.17) is 4.74 Å². The monoisotopic (exact) mass is 257 g/mol.